The standard InChI is InChI=1S/C28H29F3O3/c1-2-33-17-22-8-7-21(15-25(22)29)19-5-3-18(4-6-19)16-34-26-14-13-24(27(30)28(26)31)20-9-11-23(32)12-10-20/h3-8,13-15,20,23,32H,2,9-12,16-17H2,1H3. The van der Waals surface area contributed by atoms with Gasteiger partial charge in [-0.15, -0.1) is 0 Å². The summed E-state index contributed by atoms with van der Waals surface area (Å²) in [5, 5.41) is 9.64. The van der Waals surface area contributed by atoms with Gasteiger partial charge >= 0.3 is 0 Å². The van der Waals surface area contributed by atoms with E-state index >= 15 is 0 Å². The van der Waals surface area contributed by atoms with Gasteiger partial charge in [0.2, 0.25) is 5.82 Å². The highest BCUT2D eigenvalue weighted by atomic mass is 19.2. The molecule has 0 spiro atoms. The van der Waals surface area contributed by atoms with Crippen LogP contribution in [0.1, 0.15) is 55.2 Å². The van der Waals surface area contributed by atoms with Gasteiger partial charge in [0, 0.05) is 12.2 Å². The molecule has 1 N–H and O–H groups in total. The van der Waals surface area contributed by atoms with Gasteiger partial charge in [-0.1, -0.05) is 42.5 Å². The third-order valence-corrected chi connectivity index (χ3v) is 6.41. The maximum atomic E-state index is 14.7. The number of hydrogen-bond donors (Lipinski definition) is 1. The minimum absolute atomic E-state index is 0.0766. The Bertz CT molecular complexity index is 1110. The summed E-state index contributed by atoms with van der Waals surface area (Å²) in [6, 6.07) is 15.4. The van der Waals surface area contributed by atoms with E-state index in [1.54, 1.807) is 12.1 Å². The van der Waals surface area contributed by atoms with Gasteiger partial charge in [0.05, 0.1) is 12.7 Å². The van der Waals surface area contributed by atoms with Gasteiger partial charge in [-0.2, -0.15) is 4.39 Å². The lowest BCUT2D eigenvalue weighted by Crippen LogP contribution is -2.18. The molecule has 1 aliphatic rings. The molecule has 3 aromatic carbocycles. The average Bonchev–Trinajstić information content (AvgIpc) is 2.85. The monoisotopic (exact) mass is 470 g/mol. The van der Waals surface area contributed by atoms with E-state index in [9.17, 15) is 18.3 Å². The number of ether oxygens (including phenoxy) is 2. The van der Waals surface area contributed by atoms with Crippen LogP contribution < -0.4 is 4.74 Å². The van der Waals surface area contributed by atoms with Crippen LogP contribution in [0.4, 0.5) is 13.2 Å². The van der Waals surface area contributed by atoms with Crippen LogP contribution in [0.15, 0.2) is 54.6 Å². The van der Waals surface area contributed by atoms with Gasteiger partial charge < -0.3 is 14.6 Å². The normalized spacial score (nSPS) is 18.1. The zero-order chi connectivity index (χ0) is 24.1. The summed E-state index contributed by atoms with van der Waals surface area (Å²) in [7, 11) is 0. The highest BCUT2D eigenvalue weighted by molar-refractivity contribution is 5.64. The van der Waals surface area contributed by atoms with E-state index in [0.717, 1.165) is 16.7 Å². The molecule has 34 heavy (non-hydrogen) atoms. The zero-order valence-corrected chi connectivity index (χ0v) is 19.2. The molecule has 180 valence electrons. The van der Waals surface area contributed by atoms with Crippen molar-refractivity contribution < 1.29 is 27.8 Å². The molecule has 0 heterocycles. The lowest BCUT2D eigenvalue weighted by Gasteiger charge is -2.26. The Balaban J connectivity index is 1.40. The third-order valence-electron chi connectivity index (χ3n) is 6.41. The molecule has 0 atom stereocenters. The fraction of sp³-hybridized carbons (Fsp3) is 0.357. The minimum Gasteiger partial charge on any atom is -0.486 e. The molecule has 1 fully saturated rings. The first kappa shape index (κ1) is 24.3. The molecule has 6 heteroatoms. The molecule has 0 radical (unpaired) electrons. The molecule has 0 saturated heterocycles. The van der Waals surface area contributed by atoms with Crippen molar-refractivity contribution in [3.05, 3.63) is 88.7 Å². The van der Waals surface area contributed by atoms with E-state index < -0.39 is 11.6 Å². The lowest BCUT2D eigenvalue weighted by atomic mass is 9.82. The predicted octanol–water partition coefficient (Wildman–Crippen LogP) is 6.90. The summed E-state index contributed by atoms with van der Waals surface area (Å²) in [6.45, 7) is 2.70. The van der Waals surface area contributed by atoms with Crippen molar-refractivity contribution >= 4 is 0 Å². The Morgan fingerprint density at radius 2 is 1.53 bits per heavy atom. The molecule has 0 bridgehead atoms. The molecule has 0 aromatic heterocycles. The van der Waals surface area contributed by atoms with Crippen LogP contribution in [0.5, 0.6) is 5.75 Å². The summed E-state index contributed by atoms with van der Waals surface area (Å²) in [4.78, 5) is 0. The summed E-state index contributed by atoms with van der Waals surface area (Å²) < 4.78 is 54.4. The van der Waals surface area contributed by atoms with Crippen LogP contribution in [-0.2, 0) is 18.0 Å². The van der Waals surface area contributed by atoms with Crippen molar-refractivity contribution in [1.82, 2.24) is 0 Å². The van der Waals surface area contributed by atoms with Crippen molar-refractivity contribution in [2.24, 2.45) is 0 Å². The van der Waals surface area contributed by atoms with Gasteiger partial charge in [-0.05, 0) is 72.9 Å². The van der Waals surface area contributed by atoms with Crippen LogP contribution in [-0.4, -0.2) is 17.8 Å². The van der Waals surface area contributed by atoms with Crippen LogP contribution in [0.2, 0.25) is 0 Å². The first-order chi connectivity index (χ1) is 16.5. The first-order valence-electron chi connectivity index (χ1n) is 11.7. The Labute approximate surface area is 198 Å². The van der Waals surface area contributed by atoms with E-state index in [4.69, 9.17) is 9.47 Å². The third kappa shape index (κ3) is 5.62. The van der Waals surface area contributed by atoms with Gasteiger partial charge in [-0.3, -0.25) is 0 Å². The predicted molar refractivity (Wildman–Crippen MR) is 125 cm³/mol. The summed E-state index contributed by atoms with van der Waals surface area (Å²) >= 11 is 0. The minimum atomic E-state index is -0.983. The van der Waals surface area contributed by atoms with Gasteiger partial charge in [0.15, 0.2) is 11.6 Å². The Morgan fingerprint density at radius 3 is 2.21 bits per heavy atom. The fourth-order valence-corrected chi connectivity index (χ4v) is 4.37. The van der Waals surface area contributed by atoms with Crippen molar-refractivity contribution in [2.75, 3.05) is 6.61 Å². The van der Waals surface area contributed by atoms with E-state index in [-0.39, 0.29) is 36.8 Å². The molecule has 1 aliphatic carbocycles. The second-order valence-electron chi connectivity index (χ2n) is 8.72. The Hall–Kier alpha value is -2.83. The SMILES string of the molecule is CCOCc1ccc(-c2ccc(COc3ccc(C4CCC(O)CC4)c(F)c3F)cc2)cc1F. The molecular formula is C28H29F3O3. The van der Waals surface area contributed by atoms with Crippen LogP contribution in [0, 0.1) is 17.5 Å². The molecule has 0 amide bonds. The van der Waals surface area contributed by atoms with E-state index in [0.29, 0.717) is 43.4 Å². The second kappa shape index (κ2) is 11.1. The smallest absolute Gasteiger partial charge is 0.200 e. The number of halogens is 3. The lowest BCUT2D eigenvalue weighted by molar-refractivity contribution is 0.122. The molecule has 0 aliphatic heterocycles. The second-order valence-corrected chi connectivity index (χ2v) is 8.72. The van der Waals surface area contributed by atoms with E-state index in [2.05, 4.69) is 0 Å². The number of hydrogen-bond acceptors (Lipinski definition) is 3. The van der Waals surface area contributed by atoms with Crippen molar-refractivity contribution in [3.8, 4) is 16.9 Å². The quantitative estimate of drug-likeness (QED) is 0.389. The average molecular weight is 471 g/mol. The molecule has 3 nitrogen and oxygen atoms in total. The molecule has 3 aromatic rings. The van der Waals surface area contributed by atoms with E-state index in [1.807, 2.05) is 37.3 Å². The number of aliphatic hydroxyl groups is 1. The molecule has 4 rings (SSSR count). The maximum Gasteiger partial charge on any atom is 0.200 e. The highest BCUT2D eigenvalue weighted by Gasteiger charge is 2.25. The van der Waals surface area contributed by atoms with E-state index in [1.165, 1.54) is 12.1 Å². The largest absolute Gasteiger partial charge is 0.486 e. The van der Waals surface area contributed by atoms with Crippen LogP contribution in [0.3, 0.4) is 0 Å². The topological polar surface area (TPSA) is 38.7 Å². The zero-order valence-electron chi connectivity index (χ0n) is 19.2. The number of benzene rings is 3. The number of rotatable bonds is 8. The summed E-state index contributed by atoms with van der Waals surface area (Å²) in [5.74, 6) is -2.39. The first-order valence-corrected chi connectivity index (χ1v) is 11.7. The number of aliphatic hydroxyl groups excluding tert-OH is 1. The van der Waals surface area contributed by atoms with Crippen molar-refractivity contribution in [2.45, 2.75) is 57.8 Å². The Morgan fingerprint density at radius 1 is 0.824 bits per heavy atom. The highest BCUT2D eigenvalue weighted by Crippen LogP contribution is 2.36. The molecule has 1 saturated carbocycles. The van der Waals surface area contributed by atoms with Crippen molar-refractivity contribution in [1.29, 1.82) is 0 Å². The van der Waals surface area contributed by atoms with Gasteiger partial charge in [0.1, 0.15) is 12.4 Å². The molecular weight excluding hydrogens is 441 g/mol. The van der Waals surface area contributed by atoms with Crippen molar-refractivity contribution in [3.63, 3.8) is 0 Å². The summed E-state index contributed by atoms with van der Waals surface area (Å²) in [5.41, 5.74) is 3.22. The summed E-state index contributed by atoms with van der Waals surface area (Å²) in [6.07, 6.45) is 2.14. The maximum absolute atomic E-state index is 14.7. The van der Waals surface area contributed by atoms with Crippen LogP contribution in [0.25, 0.3) is 11.1 Å². The molecule has 0 unspecified atom stereocenters. The van der Waals surface area contributed by atoms with Gasteiger partial charge in [0.25, 0.3) is 0 Å². The van der Waals surface area contributed by atoms with Gasteiger partial charge in [-0.25, -0.2) is 8.78 Å². The Kier molecular flexibility index (Phi) is 7.91. The fourth-order valence-electron chi connectivity index (χ4n) is 4.37. The van der Waals surface area contributed by atoms with Crippen LogP contribution >= 0.6 is 0 Å².